The summed E-state index contributed by atoms with van der Waals surface area (Å²) in [5.41, 5.74) is 0.987. The summed E-state index contributed by atoms with van der Waals surface area (Å²) < 4.78 is 13.9. The highest BCUT2D eigenvalue weighted by atomic mass is 79.9. The third kappa shape index (κ3) is 1.56. The summed E-state index contributed by atoms with van der Waals surface area (Å²) in [6, 6.07) is 3.14. The van der Waals surface area contributed by atoms with Crippen LogP contribution in [0.3, 0.4) is 0 Å². The van der Waals surface area contributed by atoms with Gasteiger partial charge in [0.1, 0.15) is 11.3 Å². The lowest BCUT2D eigenvalue weighted by atomic mass is 10.3. The first-order chi connectivity index (χ1) is 6.20. The van der Waals surface area contributed by atoms with Gasteiger partial charge in [-0.2, -0.15) is 0 Å². The van der Waals surface area contributed by atoms with Gasteiger partial charge in [-0.05, 0) is 12.1 Å². The molecule has 0 spiro atoms. The van der Waals surface area contributed by atoms with Crippen molar-refractivity contribution in [1.82, 2.24) is 9.97 Å². The predicted octanol–water partition coefficient (Wildman–Crippen LogP) is 3.20. The van der Waals surface area contributed by atoms with E-state index in [4.69, 9.17) is 11.6 Å². The van der Waals surface area contributed by atoms with E-state index in [1.165, 1.54) is 6.07 Å². The van der Waals surface area contributed by atoms with Crippen LogP contribution in [0.25, 0.3) is 11.0 Å². The Kier molecular flexibility index (Phi) is 2.26. The number of alkyl halides is 1. The molecular formula is C8H5BrClFN2. The number of hydrogen-bond acceptors (Lipinski definition) is 1. The van der Waals surface area contributed by atoms with Gasteiger partial charge in [0.05, 0.1) is 11.4 Å². The molecule has 0 aliphatic heterocycles. The molecule has 1 heterocycles. The third-order valence-corrected chi connectivity index (χ3v) is 2.39. The molecule has 0 saturated carbocycles. The Morgan fingerprint density at radius 1 is 1.54 bits per heavy atom. The first-order valence-corrected chi connectivity index (χ1v) is 4.93. The van der Waals surface area contributed by atoms with Crippen LogP contribution in [0, 0.1) is 5.82 Å². The number of halogens is 3. The van der Waals surface area contributed by atoms with Gasteiger partial charge >= 0.3 is 0 Å². The number of aromatic nitrogens is 2. The predicted molar refractivity (Wildman–Crippen MR) is 53.3 cm³/mol. The minimum absolute atomic E-state index is 0.256. The molecule has 0 aliphatic rings. The maximum absolute atomic E-state index is 13.2. The summed E-state index contributed by atoms with van der Waals surface area (Å²) in [5, 5.41) is 0. The van der Waals surface area contributed by atoms with E-state index in [1.54, 1.807) is 6.07 Å². The van der Waals surface area contributed by atoms with E-state index in [1.807, 2.05) is 0 Å². The highest BCUT2D eigenvalue weighted by Crippen LogP contribution is 2.21. The highest BCUT2D eigenvalue weighted by molar-refractivity contribution is 9.10. The normalized spacial score (nSPS) is 11.0. The van der Waals surface area contributed by atoms with Crippen LogP contribution >= 0.6 is 27.5 Å². The molecule has 0 fully saturated rings. The van der Waals surface area contributed by atoms with Crippen molar-refractivity contribution in [2.45, 2.75) is 5.88 Å². The number of H-pyrrole nitrogens is 1. The van der Waals surface area contributed by atoms with Crippen LogP contribution in [-0.2, 0) is 5.88 Å². The lowest BCUT2D eigenvalue weighted by Crippen LogP contribution is -1.79. The van der Waals surface area contributed by atoms with E-state index in [-0.39, 0.29) is 11.7 Å². The summed E-state index contributed by atoms with van der Waals surface area (Å²) in [6.07, 6.45) is 0. The van der Waals surface area contributed by atoms with Gasteiger partial charge in [0.15, 0.2) is 5.82 Å². The van der Waals surface area contributed by atoms with Crippen molar-refractivity contribution in [3.8, 4) is 0 Å². The van der Waals surface area contributed by atoms with Crippen molar-refractivity contribution < 1.29 is 4.39 Å². The fraction of sp³-hybridized carbons (Fsp3) is 0.125. The summed E-state index contributed by atoms with van der Waals surface area (Å²) in [4.78, 5) is 6.90. The summed E-state index contributed by atoms with van der Waals surface area (Å²) in [6.45, 7) is 0. The van der Waals surface area contributed by atoms with Crippen molar-refractivity contribution in [2.75, 3.05) is 0 Å². The van der Waals surface area contributed by atoms with Gasteiger partial charge in [-0.1, -0.05) is 15.9 Å². The van der Waals surface area contributed by atoms with Crippen molar-refractivity contribution in [2.24, 2.45) is 0 Å². The first-order valence-electron chi connectivity index (χ1n) is 3.60. The number of rotatable bonds is 1. The number of fused-ring (bicyclic) bond motifs is 1. The van der Waals surface area contributed by atoms with Gasteiger partial charge in [0, 0.05) is 4.47 Å². The third-order valence-electron chi connectivity index (χ3n) is 1.68. The Hall–Kier alpha value is -0.610. The van der Waals surface area contributed by atoms with Crippen LogP contribution in [0.4, 0.5) is 4.39 Å². The molecule has 0 amide bonds. The largest absolute Gasteiger partial charge is 0.341 e. The van der Waals surface area contributed by atoms with E-state index >= 15 is 0 Å². The molecule has 2 aromatic rings. The first kappa shape index (κ1) is 8.97. The number of aromatic amines is 1. The molecule has 0 atom stereocenters. The zero-order valence-corrected chi connectivity index (χ0v) is 8.78. The molecule has 13 heavy (non-hydrogen) atoms. The van der Waals surface area contributed by atoms with Crippen LogP contribution in [0.1, 0.15) is 5.82 Å². The summed E-state index contributed by atoms with van der Waals surface area (Å²) in [7, 11) is 0. The van der Waals surface area contributed by atoms with Gasteiger partial charge in [-0.3, -0.25) is 0 Å². The van der Waals surface area contributed by atoms with Gasteiger partial charge in [0.25, 0.3) is 0 Å². The second-order valence-corrected chi connectivity index (χ2v) is 3.78. The average Bonchev–Trinajstić information content (AvgIpc) is 2.47. The highest BCUT2D eigenvalue weighted by Gasteiger charge is 2.07. The molecule has 0 bridgehead atoms. The monoisotopic (exact) mass is 262 g/mol. The molecule has 1 aromatic carbocycles. The molecule has 0 radical (unpaired) electrons. The molecule has 2 rings (SSSR count). The maximum atomic E-state index is 13.2. The Bertz CT molecular complexity index is 455. The Labute approximate surface area is 87.2 Å². The lowest BCUT2D eigenvalue weighted by molar-refractivity contribution is 0.636. The molecular weight excluding hydrogens is 258 g/mol. The number of nitrogens with zero attached hydrogens (tertiary/aromatic N) is 1. The number of benzene rings is 1. The van der Waals surface area contributed by atoms with Crippen molar-refractivity contribution >= 4 is 38.6 Å². The molecule has 1 N–H and O–H groups in total. The Morgan fingerprint density at radius 2 is 2.31 bits per heavy atom. The minimum Gasteiger partial charge on any atom is -0.341 e. The minimum atomic E-state index is -0.350. The van der Waals surface area contributed by atoms with Crippen LogP contribution in [-0.4, -0.2) is 9.97 Å². The van der Waals surface area contributed by atoms with Crippen molar-refractivity contribution in [1.29, 1.82) is 0 Å². The maximum Gasteiger partial charge on any atom is 0.152 e. The SMILES string of the molecule is Fc1cc(Br)cc2[nH]c(CCl)nc12. The fourth-order valence-corrected chi connectivity index (χ4v) is 1.71. The average molecular weight is 263 g/mol. The number of nitrogens with one attached hydrogen (secondary N) is 1. The fourth-order valence-electron chi connectivity index (χ4n) is 1.16. The smallest absolute Gasteiger partial charge is 0.152 e. The molecule has 5 heteroatoms. The van der Waals surface area contributed by atoms with Gasteiger partial charge in [0.2, 0.25) is 0 Å². The topological polar surface area (TPSA) is 28.7 Å². The molecule has 1 aromatic heterocycles. The van der Waals surface area contributed by atoms with Crippen LogP contribution in [0.15, 0.2) is 16.6 Å². The molecule has 0 aliphatic carbocycles. The van der Waals surface area contributed by atoms with Crippen LogP contribution < -0.4 is 0 Å². The van der Waals surface area contributed by atoms with Crippen LogP contribution in [0.5, 0.6) is 0 Å². The Morgan fingerprint density at radius 3 is 3.00 bits per heavy atom. The van der Waals surface area contributed by atoms with Crippen molar-refractivity contribution in [3.63, 3.8) is 0 Å². The zero-order chi connectivity index (χ0) is 9.42. The standard InChI is InChI=1S/C8H5BrClFN2/c9-4-1-5(11)8-6(2-4)12-7(3-10)13-8/h1-2H,3H2,(H,12,13). The molecule has 0 unspecified atom stereocenters. The molecule has 68 valence electrons. The van der Waals surface area contributed by atoms with Crippen LogP contribution in [0.2, 0.25) is 0 Å². The summed E-state index contributed by atoms with van der Waals surface area (Å²) >= 11 is 8.76. The second kappa shape index (κ2) is 3.27. The van der Waals surface area contributed by atoms with Gasteiger partial charge < -0.3 is 4.98 Å². The van der Waals surface area contributed by atoms with E-state index in [9.17, 15) is 4.39 Å². The Balaban J connectivity index is 2.75. The zero-order valence-electron chi connectivity index (χ0n) is 6.44. The second-order valence-electron chi connectivity index (χ2n) is 2.60. The van der Waals surface area contributed by atoms with Gasteiger partial charge in [-0.25, -0.2) is 9.37 Å². The van der Waals surface area contributed by atoms with E-state index in [0.29, 0.717) is 21.3 Å². The van der Waals surface area contributed by atoms with Gasteiger partial charge in [-0.15, -0.1) is 11.6 Å². The quantitative estimate of drug-likeness (QED) is 0.786. The molecule has 2 nitrogen and oxygen atoms in total. The van der Waals surface area contributed by atoms with E-state index in [2.05, 4.69) is 25.9 Å². The molecule has 0 saturated heterocycles. The van der Waals surface area contributed by atoms with Crippen molar-refractivity contribution in [3.05, 3.63) is 28.2 Å². The van der Waals surface area contributed by atoms with E-state index < -0.39 is 0 Å². The number of hydrogen-bond donors (Lipinski definition) is 1. The van der Waals surface area contributed by atoms with E-state index in [0.717, 1.165) is 0 Å². The lowest BCUT2D eigenvalue weighted by Gasteiger charge is -1.91. The number of imidazole rings is 1. The summed E-state index contributed by atoms with van der Waals surface area (Å²) in [5.74, 6) is 0.483.